The summed E-state index contributed by atoms with van der Waals surface area (Å²) in [4.78, 5) is 0. The van der Waals surface area contributed by atoms with E-state index in [9.17, 15) is 12.8 Å². The standard InChI is InChI=1S/C15H15ClFNO2S/c1-18(15-7-3-6-14(17)9-15)21(19,20)11-13-5-2-4-12(8-13)10-16/h2-9H,10-11H2,1H3. The van der Waals surface area contributed by atoms with Gasteiger partial charge in [0.1, 0.15) is 5.82 Å². The number of rotatable bonds is 5. The minimum Gasteiger partial charge on any atom is -0.273 e. The van der Waals surface area contributed by atoms with E-state index in [2.05, 4.69) is 0 Å². The van der Waals surface area contributed by atoms with Gasteiger partial charge in [-0.3, -0.25) is 4.31 Å². The van der Waals surface area contributed by atoms with Crippen LogP contribution in [-0.2, 0) is 21.7 Å². The molecule has 0 unspecified atom stereocenters. The number of benzene rings is 2. The maximum atomic E-state index is 13.2. The summed E-state index contributed by atoms with van der Waals surface area (Å²) in [6.07, 6.45) is 0. The molecule has 0 aromatic heterocycles. The van der Waals surface area contributed by atoms with E-state index in [-0.39, 0.29) is 5.75 Å². The normalized spacial score (nSPS) is 11.4. The Hall–Kier alpha value is -1.59. The van der Waals surface area contributed by atoms with Crippen LogP contribution < -0.4 is 4.31 Å². The van der Waals surface area contributed by atoms with Gasteiger partial charge in [0.25, 0.3) is 0 Å². The first-order chi connectivity index (χ1) is 9.92. The summed E-state index contributed by atoms with van der Waals surface area (Å²) in [6, 6.07) is 12.6. The van der Waals surface area contributed by atoms with E-state index in [1.165, 1.54) is 25.2 Å². The minimum absolute atomic E-state index is 0.162. The third kappa shape index (κ3) is 3.95. The van der Waals surface area contributed by atoms with Gasteiger partial charge in [0, 0.05) is 12.9 Å². The fourth-order valence-electron chi connectivity index (χ4n) is 1.94. The Morgan fingerprint density at radius 2 is 1.76 bits per heavy atom. The molecule has 0 aliphatic rings. The number of hydrogen-bond acceptors (Lipinski definition) is 2. The second-order valence-corrected chi connectivity index (χ2v) is 6.92. The molecule has 2 aromatic rings. The van der Waals surface area contributed by atoms with Gasteiger partial charge in [-0.1, -0.05) is 30.3 Å². The van der Waals surface area contributed by atoms with Crippen LogP contribution in [0, 0.1) is 5.82 Å². The van der Waals surface area contributed by atoms with Crippen molar-refractivity contribution in [1.29, 1.82) is 0 Å². The molecule has 0 radical (unpaired) electrons. The summed E-state index contributed by atoms with van der Waals surface area (Å²) >= 11 is 5.74. The number of hydrogen-bond donors (Lipinski definition) is 0. The van der Waals surface area contributed by atoms with E-state index in [0.29, 0.717) is 17.1 Å². The van der Waals surface area contributed by atoms with Gasteiger partial charge >= 0.3 is 0 Å². The van der Waals surface area contributed by atoms with Crippen LogP contribution in [0.1, 0.15) is 11.1 Å². The lowest BCUT2D eigenvalue weighted by Gasteiger charge is -2.19. The summed E-state index contributed by atoms with van der Waals surface area (Å²) in [6.45, 7) is 0. The largest absolute Gasteiger partial charge is 0.273 e. The van der Waals surface area contributed by atoms with E-state index in [0.717, 1.165) is 9.87 Å². The molecule has 3 nitrogen and oxygen atoms in total. The molecular formula is C15H15ClFNO2S. The third-order valence-electron chi connectivity index (χ3n) is 3.08. The summed E-state index contributed by atoms with van der Waals surface area (Å²) in [5.74, 6) is -0.308. The molecule has 0 bridgehead atoms. The molecule has 0 heterocycles. The number of nitrogens with zero attached hydrogens (tertiary/aromatic N) is 1. The second-order valence-electron chi connectivity index (χ2n) is 4.66. The smallest absolute Gasteiger partial charge is 0.239 e. The van der Waals surface area contributed by atoms with Crippen molar-refractivity contribution in [2.24, 2.45) is 0 Å². The highest BCUT2D eigenvalue weighted by atomic mass is 35.5. The molecule has 2 rings (SSSR count). The fraction of sp³-hybridized carbons (Fsp3) is 0.200. The van der Waals surface area contributed by atoms with Crippen LogP contribution in [0.5, 0.6) is 0 Å². The zero-order valence-corrected chi connectivity index (χ0v) is 13.0. The van der Waals surface area contributed by atoms with Gasteiger partial charge in [-0.2, -0.15) is 0 Å². The Labute approximate surface area is 129 Å². The topological polar surface area (TPSA) is 37.4 Å². The van der Waals surface area contributed by atoms with Crippen molar-refractivity contribution < 1.29 is 12.8 Å². The Bertz CT molecular complexity index is 734. The quantitative estimate of drug-likeness (QED) is 0.788. The highest BCUT2D eigenvalue weighted by Crippen LogP contribution is 2.20. The highest BCUT2D eigenvalue weighted by molar-refractivity contribution is 7.92. The molecule has 0 spiro atoms. The van der Waals surface area contributed by atoms with Gasteiger partial charge in [0.05, 0.1) is 11.4 Å². The van der Waals surface area contributed by atoms with E-state index < -0.39 is 15.8 Å². The van der Waals surface area contributed by atoms with Crippen molar-refractivity contribution >= 4 is 27.3 Å². The van der Waals surface area contributed by atoms with Gasteiger partial charge in [0.2, 0.25) is 10.0 Å². The van der Waals surface area contributed by atoms with E-state index in [1.54, 1.807) is 24.3 Å². The maximum absolute atomic E-state index is 13.2. The molecule has 0 saturated heterocycles. The summed E-state index contributed by atoms with van der Waals surface area (Å²) in [5, 5.41) is 0. The monoisotopic (exact) mass is 327 g/mol. The lowest BCUT2D eigenvalue weighted by atomic mass is 10.2. The van der Waals surface area contributed by atoms with E-state index in [4.69, 9.17) is 11.6 Å². The molecule has 0 atom stereocenters. The molecule has 0 fully saturated rings. The van der Waals surface area contributed by atoms with Crippen LogP contribution in [-0.4, -0.2) is 15.5 Å². The summed E-state index contributed by atoms with van der Waals surface area (Å²) in [5.41, 5.74) is 1.80. The number of sulfonamides is 1. The highest BCUT2D eigenvalue weighted by Gasteiger charge is 2.19. The average molecular weight is 328 g/mol. The molecule has 21 heavy (non-hydrogen) atoms. The Kier molecular flexibility index (Phi) is 4.85. The van der Waals surface area contributed by atoms with E-state index in [1.807, 2.05) is 6.07 Å². The summed E-state index contributed by atoms with van der Waals surface area (Å²) in [7, 11) is -2.17. The Morgan fingerprint density at radius 3 is 2.43 bits per heavy atom. The Balaban J connectivity index is 2.25. The van der Waals surface area contributed by atoms with E-state index >= 15 is 0 Å². The average Bonchev–Trinajstić information content (AvgIpc) is 2.46. The summed E-state index contributed by atoms with van der Waals surface area (Å²) < 4.78 is 39.1. The van der Waals surface area contributed by atoms with Crippen molar-refractivity contribution in [2.75, 3.05) is 11.4 Å². The van der Waals surface area contributed by atoms with Crippen LogP contribution >= 0.6 is 11.6 Å². The number of alkyl halides is 1. The van der Waals surface area contributed by atoms with Gasteiger partial charge in [-0.15, -0.1) is 11.6 Å². The number of halogens is 2. The van der Waals surface area contributed by atoms with Crippen LogP contribution in [0.2, 0.25) is 0 Å². The zero-order valence-electron chi connectivity index (χ0n) is 11.5. The van der Waals surface area contributed by atoms with Crippen molar-refractivity contribution in [3.63, 3.8) is 0 Å². The first kappa shape index (κ1) is 15.8. The minimum atomic E-state index is -3.58. The van der Waals surface area contributed by atoms with Crippen LogP contribution in [0.25, 0.3) is 0 Å². The van der Waals surface area contributed by atoms with Gasteiger partial charge < -0.3 is 0 Å². The molecule has 0 aliphatic heterocycles. The first-order valence-electron chi connectivity index (χ1n) is 6.28. The second kappa shape index (κ2) is 6.45. The van der Waals surface area contributed by atoms with Gasteiger partial charge in [0.15, 0.2) is 0 Å². The molecule has 112 valence electrons. The van der Waals surface area contributed by atoms with Gasteiger partial charge in [-0.05, 0) is 29.3 Å². The van der Waals surface area contributed by atoms with Crippen molar-refractivity contribution in [1.82, 2.24) is 0 Å². The molecule has 0 aliphatic carbocycles. The predicted molar refractivity (Wildman–Crippen MR) is 83.4 cm³/mol. The molecule has 0 N–H and O–H groups in total. The molecule has 0 amide bonds. The van der Waals surface area contributed by atoms with Crippen LogP contribution in [0.15, 0.2) is 48.5 Å². The lowest BCUT2D eigenvalue weighted by Crippen LogP contribution is -2.27. The first-order valence-corrected chi connectivity index (χ1v) is 8.43. The van der Waals surface area contributed by atoms with Crippen molar-refractivity contribution in [3.8, 4) is 0 Å². The van der Waals surface area contributed by atoms with Crippen molar-refractivity contribution in [3.05, 3.63) is 65.5 Å². The van der Waals surface area contributed by atoms with Crippen molar-refractivity contribution in [2.45, 2.75) is 11.6 Å². The maximum Gasteiger partial charge on any atom is 0.239 e. The lowest BCUT2D eigenvalue weighted by molar-refractivity contribution is 0.593. The predicted octanol–water partition coefficient (Wildman–Crippen LogP) is 3.53. The molecular weight excluding hydrogens is 313 g/mol. The SMILES string of the molecule is CN(c1cccc(F)c1)S(=O)(=O)Cc1cccc(CCl)c1. The van der Waals surface area contributed by atoms with Gasteiger partial charge in [-0.25, -0.2) is 12.8 Å². The third-order valence-corrected chi connectivity index (χ3v) is 5.14. The van der Waals surface area contributed by atoms with Crippen LogP contribution in [0.3, 0.4) is 0 Å². The molecule has 2 aromatic carbocycles. The fourth-order valence-corrected chi connectivity index (χ4v) is 3.34. The zero-order chi connectivity index (χ0) is 15.5. The number of anilines is 1. The van der Waals surface area contributed by atoms with Crippen LogP contribution in [0.4, 0.5) is 10.1 Å². The Morgan fingerprint density at radius 1 is 1.10 bits per heavy atom. The molecule has 6 heteroatoms. The molecule has 0 saturated carbocycles.